The lowest BCUT2D eigenvalue weighted by atomic mass is 10.2. The first kappa shape index (κ1) is 14.3. The van der Waals surface area contributed by atoms with Gasteiger partial charge in [0.05, 0.1) is 6.20 Å². The van der Waals surface area contributed by atoms with E-state index in [9.17, 15) is 9.59 Å². The third kappa shape index (κ3) is 2.56. The Balaban J connectivity index is 1.56. The van der Waals surface area contributed by atoms with Gasteiger partial charge in [-0.15, -0.1) is 0 Å². The molecule has 0 radical (unpaired) electrons. The van der Waals surface area contributed by atoms with Crippen molar-refractivity contribution in [1.82, 2.24) is 10.2 Å². The molecular formula is C17H12N2O5. The lowest BCUT2D eigenvalue weighted by molar-refractivity contribution is -0.134. The summed E-state index contributed by atoms with van der Waals surface area (Å²) >= 11 is 0. The van der Waals surface area contributed by atoms with Gasteiger partial charge in [-0.25, -0.2) is 9.59 Å². The molecule has 0 aliphatic carbocycles. The summed E-state index contributed by atoms with van der Waals surface area (Å²) in [5.41, 5.74) is 2.04. The van der Waals surface area contributed by atoms with E-state index in [0.717, 1.165) is 5.39 Å². The first-order valence-electron chi connectivity index (χ1n) is 7.26. The average Bonchev–Trinajstić information content (AvgIpc) is 3.30. The number of nitrogens with zero attached hydrogens (tertiary/aromatic N) is 1. The van der Waals surface area contributed by atoms with Crippen LogP contribution >= 0.6 is 0 Å². The summed E-state index contributed by atoms with van der Waals surface area (Å²) < 4.78 is 15.7. The molecule has 120 valence electrons. The van der Waals surface area contributed by atoms with Crippen molar-refractivity contribution in [2.24, 2.45) is 0 Å². The predicted octanol–water partition coefficient (Wildman–Crippen LogP) is 2.46. The molecule has 0 saturated carbocycles. The summed E-state index contributed by atoms with van der Waals surface area (Å²) in [7, 11) is 0. The number of carbonyl (C=O) groups excluding carboxylic acids is 2. The van der Waals surface area contributed by atoms with Crippen LogP contribution in [0.4, 0.5) is 0 Å². The fourth-order valence-electron chi connectivity index (χ4n) is 2.47. The topological polar surface area (TPSA) is 94.4 Å². The van der Waals surface area contributed by atoms with Gasteiger partial charge in [0, 0.05) is 17.0 Å². The van der Waals surface area contributed by atoms with Gasteiger partial charge in [0.15, 0.2) is 5.76 Å². The number of benzene rings is 1. The molecule has 0 atom stereocenters. The fraction of sp³-hybridized carbons (Fsp3) is 0.118. The van der Waals surface area contributed by atoms with Crippen LogP contribution in [0.5, 0.6) is 0 Å². The van der Waals surface area contributed by atoms with Gasteiger partial charge in [0.2, 0.25) is 0 Å². The Labute approximate surface area is 135 Å². The van der Waals surface area contributed by atoms with E-state index in [2.05, 4.69) is 10.2 Å². The number of nitrogens with one attached hydrogen (secondary N) is 1. The van der Waals surface area contributed by atoms with E-state index in [4.69, 9.17) is 13.9 Å². The fourth-order valence-corrected chi connectivity index (χ4v) is 2.47. The summed E-state index contributed by atoms with van der Waals surface area (Å²) in [6, 6.07) is 9.36. The largest absolute Gasteiger partial charge is 0.458 e. The number of furan rings is 1. The number of cyclic esters (lactones) is 1. The van der Waals surface area contributed by atoms with Gasteiger partial charge >= 0.3 is 11.9 Å². The maximum atomic E-state index is 12.3. The summed E-state index contributed by atoms with van der Waals surface area (Å²) in [6.45, 7) is 0.142. The second-order valence-corrected chi connectivity index (χ2v) is 5.29. The molecular weight excluding hydrogens is 312 g/mol. The first-order valence-corrected chi connectivity index (χ1v) is 7.26. The molecule has 1 aliphatic heterocycles. The van der Waals surface area contributed by atoms with Gasteiger partial charge in [0.25, 0.3) is 0 Å². The molecule has 1 aromatic carbocycles. The smallest absolute Gasteiger partial charge is 0.342 e. The van der Waals surface area contributed by atoms with Gasteiger partial charge in [-0.3, -0.25) is 5.10 Å². The molecule has 0 fully saturated rings. The van der Waals surface area contributed by atoms with E-state index in [1.165, 1.54) is 12.3 Å². The number of aromatic amines is 1. The van der Waals surface area contributed by atoms with Crippen molar-refractivity contribution in [2.45, 2.75) is 0 Å². The van der Waals surface area contributed by atoms with Crippen LogP contribution in [0, 0.1) is 0 Å². The predicted molar refractivity (Wildman–Crippen MR) is 83.1 cm³/mol. The van der Waals surface area contributed by atoms with Gasteiger partial charge in [-0.2, -0.15) is 5.10 Å². The second kappa shape index (κ2) is 5.69. The highest BCUT2D eigenvalue weighted by molar-refractivity contribution is 5.96. The number of para-hydroxylation sites is 1. The van der Waals surface area contributed by atoms with Crippen molar-refractivity contribution < 1.29 is 23.5 Å². The molecule has 7 nitrogen and oxygen atoms in total. The van der Waals surface area contributed by atoms with Gasteiger partial charge in [-0.1, -0.05) is 18.2 Å². The van der Waals surface area contributed by atoms with Crippen molar-refractivity contribution in [3.8, 4) is 11.5 Å². The number of fused-ring (bicyclic) bond motifs is 1. The number of ether oxygens (including phenoxy) is 2. The van der Waals surface area contributed by atoms with Gasteiger partial charge in [-0.05, 0) is 12.1 Å². The summed E-state index contributed by atoms with van der Waals surface area (Å²) in [5, 5.41) is 7.59. The Morgan fingerprint density at radius 2 is 2.21 bits per heavy atom. The minimum absolute atomic E-state index is 0.00464. The standard InChI is InChI=1S/C17H12N2O5/c20-15-5-10(8-22-15)9-23-17(21)12-7-18-19-16(12)14-6-11-3-1-2-4-13(11)24-14/h1-7H,8-9H2,(H,18,19). The molecule has 0 amide bonds. The second-order valence-electron chi connectivity index (χ2n) is 5.29. The third-order valence-corrected chi connectivity index (χ3v) is 3.64. The third-order valence-electron chi connectivity index (χ3n) is 3.64. The van der Waals surface area contributed by atoms with Crippen LogP contribution in [-0.4, -0.2) is 35.3 Å². The van der Waals surface area contributed by atoms with Crippen molar-refractivity contribution in [1.29, 1.82) is 0 Å². The summed E-state index contributed by atoms with van der Waals surface area (Å²) in [4.78, 5) is 23.3. The molecule has 3 heterocycles. The number of esters is 2. The van der Waals surface area contributed by atoms with Crippen molar-refractivity contribution in [3.05, 3.63) is 53.7 Å². The van der Waals surface area contributed by atoms with Crippen LogP contribution in [0.2, 0.25) is 0 Å². The first-order chi connectivity index (χ1) is 11.7. The van der Waals surface area contributed by atoms with E-state index in [-0.39, 0.29) is 18.8 Å². The average molecular weight is 324 g/mol. The van der Waals surface area contributed by atoms with Crippen LogP contribution in [0.25, 0.3) is 22.4 Å². The zero-order valence-corrected chi connectivity index (χ0v) is 12.4. The highest BCUT2D eigenvalue weighted by atomic mass is 16.5. The van der Waals surface area contributed by atoms with Gasteiger partial charge < -0.3 is 13.9 Å². The van der Waals surface area contributed by atoms with E-state index in [1.54, 1.807) is 0 Å². The Morgan fingerprint density at radius 1 is 1.33 bits per heavy atom. The quantitative estimate of drug-likeness (QED) is 0.741. The van der Waals surface area contributed by atoms with Crippen LogP contribution in [0.3, 0.4) is 0 Å². The van der Waals surface area contributed by atoms with E-state index in [1.807, 2.05) is 30.3 Å². The van der Waals surface area contributed by atoms with Crippen LogP contribution in [-0.2, 0) is 14.3 Å². The molecule has 24 heavy (non-hydrogen) atoms. The molecule has 1 N–H and O–H groups in total. The van der Waals surface area contributed by atoms with Gasteiger partial charge in [0.1, 0.15) is 30.1 Å². The maximum absolute atomic E-state index is 12.3. The highest BCUT2D eigenvalue weighted by Gasteiger charge is 2.21. The Kier molecular flexibility index (Phi) is 3.38. The number of hydrogen-bond donors (Lipinski definition) is 1. The van der Waals surface area contributed by atoms with Crippen molar-refractivity contribution in [3.63, 3.8) is 0 Å². The van der Waals surface area contributed by atoms with E-state index in [0.29, 0.717) is 22.6 Å². The van der Waals surface area contributed by atoms with E-state index < -0.39 is 11.9 Å². The minimum Gasteiger partial charge on any atom is -0.458 e. The molecule has 1 aliphatic rings. The molecule has 2 aromatic heterocycles. The molecule has 7 heteroatoms. The molecule has 0 unspecified atom stereocenters. The van der Waals surface area contributed by atoms with Crippen molar-refractivity contribution >= 4 is 22.9 Å². The lowest BCUT2D eigenvalue weighted by Gasteiger charge is -2.04. The Bertz CT molecular complexity index is 933. The summed E-state index contributed by atoms with van der Waals surface area (Å²) in [6.07, 6.45) is 2.71. The number of H-pyrrole nitrogens is 1. The number of aromatic nitrogens is 2. The van der Waals surface area contributed by atoms with Crippen LogP contribution in [0.15, 0.2) is 52.6 Å². The number of carbonyl (C=O) groups is 2. The maximum Gasteiger partial charge on any atom is 0.342 e. The van der Waals surface area contributed by atoms with Crippen molar-refractivity contribution in [2.75, 3.05) is 13.2 Å². The minimum atomic E-state index is -0.556. The highest BCUT2D eigenvalue weighted by Crippen LogP contribution is 2.28. The SMILES string of the molecule is O=C1C=C(COC(=O)c2cn[nH]c2-c2cc3ccccc3o2)CO1. The molecule has 0 saturated heterocycles. The normalized spacial score (nSPS) is 13.8. The lowest BCUT2D eigenvalue weighted by Crippen LogP contribution is -2.09. The zero-order chi connectivity index (χ0) is 16.5. The Hall–Kier alpha value is -3.35. The molecule has 4 rings (SSSR count). The Morgan fingerprint density at radius 3 is 3.00 bits per heavy atom. The number of hydrogen-bond acceptors (Lipinski definition) is 6. The monoisotopic (exact) mass is 324 g/mol. The zero-order valence-electron chi connectivity index (χ0n) is 12.4. The molecule has 3 aromatic rings. The van der Waals surface area contributed by atoms with Crippen LogP contribution < -0.4 is 0 Å². The molecule has 0 spiro atoms. The van der Waals surface area contributed by atoms with E-state index >= 15 is 0 Å². The molecule has 0 bridgehead atoms. The summed E-state index contributed by atoms with van der Waals surface area (Å²) in [5.74, 6) is -0.481. The number of rotatable bonds is 4. The van der Waals surface area contributed by atoms with Crippen LogP contribution in [0.1, 0.15) is 10.4 Å².